The van der Waals surface area contributed by atoms with Gasteiger partial charge in [-0.25, -0.2) is 0 Å². The first-order valence-corrected chi connectivity index (χ1v) is 7.53. The Morgan fingerprint density at radius 2 is 1.86 bits per heavy atom. The number of ether oxygens (including phenoxy) is 1. The second-order valence-corrected chi connectivity index (χ2v) is 5.66. The summed E-state index contributed by atoms with van der Waals surface area (Å²) in [6, 6.07) is 14.0. The molecule has 0 aliphatic carbocycles. The largest absolute Gasteiger partial charge is 0.481 e. The molecule has 0 aliphatic rings. The van der Waals surface area contributed by atoms with Gasteiger partial charge in [0, 0.05) is 6.54 Å². The van der Waals surface area contributed by atoms with Crippen LogP contribution in [0.3, 0.4) is 0 Å². The van der Waals surface area contributed by atoms with Gasteiger partial charge >= 0.3 is 0 Å². The molecule has 2 aromatic rings. The number of rotatable bonds is 6. The zero-order valence-corrected chi connectivity index (χ0v) is 12.9. The van der Waals surface area contributed by atoms with Gasteiger partial charge in [0.1, 0.15) is 5.75 Å². The predicted octanol–water partition coefficient (Wildman–Crippen LogP) is 3.77. The van der Waals surface area contributed by atoms with Crippen LogP contribution in [0.2, 0.25) is 0 Å². The second kappa shape index (κ2) is 7.11. The fourth-order valence-corrected chi connectivity index (χ4v) is 2.15. The van der Waals surface area contributed by atoms with E-state index in [1.54, 1.807) is 0 Å². The molecule has 0 aliphatic heterocycles. The SMILES string of the molecule is CC[C@@H](Oc1ccc2ccccc2c1)C(=O)NCC(C)C. The fourth-order valence-electron chi connectivity index (χ4n) is 2.15. The Balaban J connectivity index is 2.07. The Hall–Kier alpha value is -2.03. The quantitative estimate of drug-likeness (QED) is 0.877. The number of benzene rings is 2. The van der Waals surface area contributed by atoms with Gasteiger partial charge in [-0.2, -0.15) is 0 Å². The van der Waals surface area contributed by atoms with E-state index in [0.717, 1.165) is 11.1 Å². The minimum Gasteiger partial charge on any atom is -0.481 e. The highest BCUT2D eigenvalue weighted by atomic mass is 16.5. The summed E-state index contributed by atoms with van der Waals surface area (Å²) in [6.07, 6.45) is 0.210. The van der Waals surface area contributed by atoms with Crippen LogP contribution in [0.1, 0.15) is 27.2 Å². The van der Waals surface area contributed by atoms with Gasteiger partial charge in [0.15, 0.2) is 6.10 Å². The zero-order valence-electron chi connectivity index (χ0n) is 12.9. The molecule has 1 atom stereocenters. The van der Waals surface area contributed by atoms with Crippen molar-refractivity contribution >= 4 is 16.7 Å². The maximum atomic E-state index is 12.1. The molecule has 0 spiro atoms. The molecule has 2 aromatic carbocycles. The highest BCUT2D eigenvalue weighted by Gasteiger charge is 2.18. The normalized spacial score (nSPS) is 12.4. The van der Waals surface area contributed by atoms with Crippen LogP contribution in [-0.2, 0) is 4.79 Å². The van der Waals surface area contributed by atoms with Crippen LogP contribution in [0.15, 0.2) is 42.5 Å². The first-order valence-electron chi connectivity index (χ1n) is 7.53. The smallest absolute Gasteiger partial charge is 0.261 e. The Morgan fingerprint density at radius 1 is 1.14 bits per heavy atom. The van der Waals surface area contributed by atoms with Crippen molar-refractivity contribution in [1.82, 2.24) is 5.32 Å². The molecular weight excluding hydrogens is 262 g/mol. The molecule has 3 nitrogen and oxygen atoms in total. The third-order valence-electron chi connectivity index (χ3n) is 3.35. The van der Waals surface area contributed by atoms with Gasteiger partial charge in [0.25, 0.3) is 5.91 Å². The monoisotopic (exact) mass is 285 g/mol. The molecule has 21 heavy (non-hydrogen) atoms. The summed E-state index contributed by atoms with van der Waals surface area (Å²) in [7, 11) is 0. The van der Waals surface area contributed by atoms with Crippen molar-refractivity contribution in [3.05, 3.63) is 42.5 Å². The fraction of sp³-hybridized carbons (Fsp3) is 0.389. The molecule has 0 heterocycles. The standard InChI is InChI=1S/C18H23NO2/c1-4-17(18(20)19-12-13(2)3)21-16-10-9-14-7-5-6-8-15(14)11-16/h5-11,13,17H,4,12H2,1-3H3,(H,19,20)/t17-/m1/s1. The van der Waals surface area contributed by atoms with Crippen LogP contribution in [-0.4, -0.2) is 18.6 Å². The van der Waals surface area contributed by atoms with Crippen molar-refractivity contribution in [3.63, 3.8) is 0 Å². The zero-order chi connectivity index (χ0) is 15.2. The first kappa shape index (κ1) is 15.4. The van der Waals surface area contributed by atoms with E-state index in [9.17, 15) is 4.79 Å². The Bertz CT molecular complexity index is 607. The molecule has 1 amide bonds. The van der Waals surface area contributed by atoms with Crippen molar-refractivity contribution in [2.75, 3.05) is 6.54 Å². The highest BCUT2D eigenvalue weighted by molar-refractivity contribution is 5.84. The van der Waals surface area contributed by atoms with Crippen LogP contribution in [0.5, 0.6) is 5.75 Å². The number of nitrogens with one attached hydrogen (secondary N) is 1. The third-order valence-corrected chi connectivity index (χ3v) is 3.35. The van der Waals surface area contributed by atoms with Crippen molar-refractivity contribution in [2.45, 2.75) is 33.3 Å². The van der Waals surface area contributed by atoms with Crippen LogP contribution in [0.25, 0.3) is 10.8 Å². The summed E-state index contributed by atoms with van der Waals surface area (Å²) in [4.78, 5) is 12.1. The van der Waals surface area contributed by atoms with E-state index in [-0.39, 0.29) is 5.91 Å². The van der Waals surface area contributed by atoms with Crippen molar-refractivity contribution in [3.8, 4) is 5.75 Å². The average Bonchev–Trinajstić information content (AvgIpc) is 2.50. The Morgan fingerprint density at radius 3 is 2.52 bits per heavy atom. The molecule has 112 valence electrons. The Kier molecular flexibility index (Phi) is 5.20. The molecular formula is C18H23NO2. The van der Waals surface area contributed by atoms with Crippen molar-refractivity contribution in [2.24, 2.45) is 5.92 Å². The molecule has 0 saturated heterocycles. The van der Waals surface area contributed by atoms with E-state index in [0.29, 0.717) is 18.9 Å². The van der Waals surface area contributed by atoms with Gasteiger partial charge in [-0.3, -0.25) is 4.79 Å². The molecule has 0 radical (unpaired) electrons. The van der Waals surface area contributed by atoms with Crippen LogP contribution < -0.4 is 10.1 Å². The summed E-state index contributed by atoms with van der Waals surface area (Å²) in [5.41, 5.74) is 0. The summed E-state index contributed by atoms with van der Waals surface area (Å²) < 4.78 is 5.85. The first-order chi connectivity index (χ1) is 10.1. The number of carbonyl (C=O) groups is 1. The minimum atomic E-state index is -0.440. The summed E-state index contributed by atoms with van der Waals surface area (Å²) in [5, 5.41) is 5.21. The maximum Gasteiger partial charge on any atom is 0.261 e. The summed E-state index contributed by atoms with van der Waals surface area (Å²) in [6.45, 7) is 6.79. The van der Waals surface area contributed by atoms with Gasteiger partial charge in [-0.1, -0.05) is 51.1 Å². The van der Waals surface area contributed by atoms with Gasteiger partial charge in [0.2, 0.25) is 0 Å². The lowest BCUT2D eigenvalue weighted by Gasteiger charge is -2.18. The number of amides is 1. The average molecular weight is 285 g/mol. The van der Waals surface area contributed by atoms with Crippen LogP contribution in [0.4, 0.5) is 0 Å². The lowest BCUT2D eigenvalue weighted by atomic mass is 10.1. The minimum absolute atomic E-state index is 0.0423. The van der Waals surface area contributed by atoms with E-state index in [1.807, 2.05) is 43.3 Å². The molecule has 0 aromatic heterocycles. The molecule has 0 unspecified atom stereocenters. The number of carbonyl (C=O) groups excluding carboxylic acids is 1. The lowest BCUT2D eigenvalue weighted by molar-refractivity contribution is -0.128. The van der Waals surface area contributed by atoms with E-state index in [4.69, 9.17) is 4.74 Å². The summed E-state index contributed by atoms with van der Waals surface area (Å²) >= 11 is 0. The van der Waals surface area contributed by atoms with Gasteiger partial charge in [0.05, 0.1) is 0 Å². The highest BCUT2D eigenvalue weighted by Crippen LogP contribution is 2.22. The van der Waals surface area contributed by atoms with Gasteiger partial charge in [-0.05, 0) is 35.2 Å². The van der Waals surface area contributed by atoms with Gasteiger partial charge < -0.3 is 10.1 Å². The Labute approximate surface area is 126 Å². The van der Waals surface area contributed by atoms with E-state index in [2.05, 4.69) is 25.2 Å². The lowest BCUT2D eigenvalue weighted by Crippen LogP contribution is -2.39. The van der Waals surface area contributed by atoms with Crippen LogP contribution in [0, 0.1) is 5.92 Å². The van der Waals surface area contributed by atoms with E-state index < -0.39 is 6.10 Å². The van der Waals surface area contributed by atoms with Gasteiger partial charge in [-0.15, -0.1) is 0 Å². The predicted molar refractivity (Wildman–Crippen MR) is 86.5 cm³/mol. The summed E-state index contributed by atoms with van der Waals surface area (Å²) in [5.74, 6) is 1.13. The molecule has 3 heteroatoms. The van der Waals surface area contributed by atoms with Crippen molar-refractivity contribution in [1.29, 1.82) is 0 Å². The second-order valence-electron chi connectivity index (χ2n) is 5.66. The third kappa shape index (κ3) is 4.22. The van der Waals surface area contributed by atoms with E-state index in [1.165, 1.54) is 5.39 Å². The molecule has 2 rings (SSSR count). The van der Waals surface area contributed by atoms with Crippen molar-refractivity contribution < 1.29 is 9.53 Å². The van der Waals surface area contributed by atoms with Crippen LogP contribution >= 0.6 is 0 Å². The maximum absolute atomic E-state index is 12.1. The molecule has 0 fully saturated rings. The molecule has 0 bridgehead atoms. The number of hydrogen-bond donors (Lipinski definition) is 1. The topological polar surface area (TPSA) is 38.3 Å². The number of hydrogen-bond acceptors (Lipinski definition) is 2. The molecule has 1 N–H and O–H groups in total. The number of fused-ring (bicyclic) bond motifs is 1. The van der Waals surface area contributed by atoms with E-state index >= 15 is 0 Å². The molecule has 0 saturated carbocycles.